The summed E-state index contributed by atoms with van der Waals surface area (Å²) in [5.74, 6) is -0.953. The van der Waals surface area contributed by atoms with E-state index >= 15 is 0 Å². The van der Waals surface area contributed by atoms with Crippen LogP contribution in [0.15, 0.2) is 53.7 Å². The van der Waals surface area contributed by atoms with E-state index in [0.717, 1.165) is 37.8 Å². The minimum Gasteiger partial charge on any atom is -0.482 e. The lowest BCUT2D eigenvalue weighted by molar-refractivity contribution is -0.153. The molecular weight excluding hydrogens is 459 g/mol. The fourth-order valence-electron chi connectivity index (χ4n) is 3.30. The van der Waals surface area contributed by atoms with Gasteiger partial charge in [0.2, 0.25) is 15.9 Å². The molecule has 0 aliphatic carbocycles. The highest BCUT2D eigenvalue weighted by Gasteiger charge is 2.30. The summed E-state index contributed by atoms with van der Waals surface area (Å²) in [6, 6.07) is 6.83. The van der Waals surface area contributed by atoms with Gasteiger partial charge in [0.05, 0.1) is 10.6 Å². The molecule has 0 bridgehead atoms. The Morgan fingerprint density at radius 3 is 2.52 bits per heavy atom. The number of carbonyl (C=O) groups excluding carboxylic acids is 1. The van der Waals surface area contributed by atoms with E-state index in [2.05, 4.69) is 10.3 Å². The number of pyridine rings is 1. The highest BCUT2D eigenvalue weighted by atomic mass is 32.2. The largest absolute Gasteiger partial charge is 0.482 e. The average Bonchev–Trinajstić information content (AvgIpc) is 3.07. The van der Waals surface area contributed by atoms with Crippen molar-refractivity contribution in [2.75, 3.05) is 25.0 Å². The van der Waals surface area contributed by atoms with E-state index in [-0.39, 0.29) is 16.3 Å². The molecule has 1 aliphatic heterocycles. The van der Waals surface area contributed by atoms with Crippen LogP contribution in [0.25, 0.3) is 6.08 Å². The van der Waals surface area contributed by atoms with Crippen LogP contribution in [0.4, 0.5) is 18.9 Å². The predicted molar refractivity (Wildman–Crippen MR) is 117 cm³/mol. The quantitative estimate of drug-likeness (QED) is 0.595. The van der Waals surface area contributed by atoms with Gasteiger partial charge in [0.25, 0.3) is 0 Å². The van der Waals surface area contributed by atoms with Crippen molar-refractivity contribution in [3.05, 3.63) is 54.4 Å². The zero-order chi connectivity index (χ0) is 23.9. The van der Waals surface area contributed by atoms with E-state index in [0.29, 0.717) is 18.7 Å². The Morgan fingerprint density at radius 1 is 1.15 bits per heavy atom. The van der Waals surface area contributed by atoms with Gasteiger partial charge in [-0.1, -0.05) is 18.9 Å². The summed E-state index contributed by atoms with van der Waals surface area (Å²) in [6.45, 7) is -0.853. The first-order valence-corrected chi connectivity index (χ1v) is 11.8. The van der Waals surface area contributed by atoms with Crippen LogP contribution in [0.1, 0.15) is 31.2 Å². The number of hydrogen-bond acceptors (Lipinski definition) is 5. The van der Waals surface area contributed by atoms with E-state index in [1.165, 1.54) is 28.7 Å². The Labute approximate surface area is 190 Å². The van der Waals surface area contributed by atoms with Gasteiger partial charge >= 0.3 is 6.18 Å². The molecule has 0 spiro atoms. The topological polar surface area (TPSA) is 88.6 Å². The van der Waals surface area contributed by atoms with Crippen molar-refractivity contribution in [3.8, 4) is 5.75 Å². The summed E-state index contributed by atoms with van der Waals surface area (Å²) >= 11 is 0. The Kier molecular flexibility index (Phi) is 8.09. The smallest absolute Gasteiger partial charge is 0.422 e. The molecule has 11 heteroatoms. The SMILES string of the molecule is O=C(/C=C/c1cccnc1)Nc1cc(S(=O)(=O)N2CCCCCC2)ccc1OCC(F)(F)F. The van der Waals surface area contributed by atoms with Crippen LogP contribution in [-0.4, -0.2) is 49.5 Å². The molecule has 3 rings (SSSR count). The Balaban J connectivity index is 1.87. The fourth-order valence-corrected chi connectivity index (χ4v) is 4.85. The Morgan fingerprint density at radius 2 is 1.88 bits per heavy atom. The van der Waals surface area contributed by atoms with Crippen LogP contribution < -0.4 is 10.1 Å². The van der Waals surface area contributed by atoms with Crippen LogP contribution >= 0.6 is 0 Å². The van der Waals surface area contributed by atoms with Crippen LogP contribution in [0.3, 0.4) is 0 Å². The van der Waals surface area contributed by atoms with Gasteiger partial charge in [0, 0.05) is 31.6 Å². The number of amides is 1. The van der Waals surface area contributed by atoms with Crippen molar-refractivity contribution in [2.24, 2.45) is 0 Å². The highest BCUT2D eigenvalue weighted by molar-refractivity contribution is 7.89. The van der Waals surface area contributed by atoms with Crippen molar-refractivity contribution < 1.29 is 31.1 Å². The second-order valence-electron chi connectivity index (χ2n) is 7.49. The van der Waals surface area contributed by atoms with Crippen LogP contribution in [-0.2, 0) is 14.8 Å². The van der Waals surface area contributed by atoms with Gasteiger partial charge in [-0.05, 0) is 48.7 Å². The second-order valence-corrected chi connectivity index (χ2v) is 9.43. The lowest BCUT2D eigenvalue weighted by Gasteiger charge is -2.21. The number of nitrogens with one attached hydrogen (secondary N) is 1. The number of halogens is 3. The maximum absolute atomic E-state index is 13.1. The highest BCUT2D eigenvalue weighted by Crippen LogP contribution is 2.31. The number of ether oxygens (including phenoxy) is 1. The van der Waals surface area contributed by atoms with Crippen LogP contribution in [0.5, 0.6) is 5.75 Å². The van der Waals surface area contributed by atoms with Crippen molar-refractivity contribution in [2.45, 2.75) is 36.8 Å². The standard InChI is InChI=1S/C22H24F3N3O4S/c23-22(24,25)16-32-20-9-8-18(33(30,31)28-12-3-1-2-4-13-28)14-19(20)27-21(29)10-7-17-6-5-11-26-15-17/h5-11,14-15H,1-4,12-13,16H2,(H,27,29)/b10-7+. The van der Waals surface area contributed by atoms with Gasteiger partial charge in [0.1, 0.15) is 5.75 Å². The van der Waals surface area contributed by atoms with Gasteiger partial charge in [-0.2, -0.15) is 17.5 Å². The monoisotopic (exact) mass is 483 g/mol. The molecule has 2 aromatic rings. The number of sulfonamides is 1. The minimum absolute atomic E-state index is 0.129. The average molecular weight is 484 g/mol. The molecule has 1 amide bonds. The van der Waals surface area contributed by atoms with Crippen molar-refractivity contribution >= 4 is 27.7 Å². The molecule has 0 saturated carbocycles. The molecule has 0 atom stereocenters. The first-order chi connectivity index (χ1) is 15.6. The molecule has 178 valence electrons. The minimum atomic E-state index is -4.60. The summed E-state index contributed by atoms with van der Waals surface area (Å²) < 4.78 is 70.3. The van der Waals surface area contributed by atoms with Gasteiger partial charge in [-0.3, -0.25) is 9.78 Å². The predicted octanol–water partition coefficient (Wildman–Crippen LogP) is 4.24. The first kappa shape index (κ1) is 24.7. The van der Waals surface area contributed by atoms with Gasteiger partial charge in [0.15, 0.2) is 6.61 Å². The lowest BCUT2D eigenvalue weighted by atomic mass is 10.2. The van der Waals surface area contributed by atoms with E-state index < -0.39 is 28.7 Å². The number of aromatic nitrogens is 1. The Bertz CT molecular complexity index is 1080. The first-order valence-electron chi connectivity index (χ1n) is 10.4. The molecule has 1 N–H and O–H groups in total. The molecule has 1 aromatic carbocycles. The van der Waals surface area contributed by atoms with Gasteiger partial charge < -0.3 is 10.1 Å². The third-order valence-electron chi connectivity index (χ3n) is 4.91. The summed E-state index contributed by atoms with van der Waals surface area (Å²) in [6.07, 6.45) is 4.45. The van der Waals surface area contributed by atoms with E-state index in [1.54, 1.807) is 18.3 Å². The summed E-state index contributed by atoms with van der Waals surface area (Å²) in [7, 11) is -3.88. The molecule has 1 fully saturated rings. The fraction of sp³-hybridized carbons (Fsp3) is 0.364. The summed E-state index contributed by atoms with van der Waals surface area (Å²) in [4.78, 5) is 16.2. The molecule has 33 heavy (non-hydrogen) atoms. The molecule has 0 radical (unpaired) electrons. The number of alkyl halides is 3. The molecule has 7 nitrogen and oxygen atoms in total. The number of anilines is 1. The molecular formula is C22H24F3N3O4S. The number of benzene rings is 1. The van der Waals surface area contributed by atoms with Gasteiger partial charge in [-0.25, -0.2) is 8.42 Å². The summed E-state index contributed by atoms with van der Waals surface area (Å²) in [5.41, 5.74) is 0.467. The zero-order valence-corrected chi connectivity index (χ0v) is 18.5. The number of hydrogen-bond donors (Lipinski definition) is 1. The van der Waals surface area contributed by atoms with Crippen molar-refractivity contribution in [1.82, 2.24) is 9.29 Å². The molecule has 1 saturated heterocycles. The van der Waals surface area contributed by atoms with E-state index in [4.69, 9.17) is 4.74 Å². The summed E-state index contributed by atoms with van der Waals surface area (Å²) in [5, 5.41) is 2.42. The molecule has 2 heterocycles. The lowest BCUT2D eigenvalue weighted by Crippen LogP contribution is -2.32. The zero-order valence-electron chi connectivity index (χ0n) is 17.7. The maximum atomic E-state index is 13.1. The molecule has 0 unspecified atom stereocenters. The molecule has 1 aromatic heterocycles. The Hall–Kier alpha value is -2.92. The number of rotatable bonds is 7. The van der Waals surface area contributed by atoms with Crippen LogP contribution in [0.2, 0.25) is 0 Å². The second kappa shape index (κ2) is 10.8. The van der Waals surface area contributed by atoms with Crippen molar-refractivity contribution in [1.29, 1.82) is 0 Å². The maximum Gasteiger partial charge on any atom is 0.422 e. The van der Waals surface area contributed by atoms with Crippen LogP contribution in [0, 0.1) is 0 Å². The third-order valence-corrected chi connectivity index (χ3v) is 6.81. The van der Waals surface area contributed by atoms with E-state index in [9.17, 15) is 26.4 Å². The number of carbonyl (C=O) groups is 1. The normalized spacial score (nSPS) is 15.8. The van der Waals surface area contributed by atoms with Gasteiger partial charge in [-0.15, -0.1) is 0 Å². The molecule has 1 aliphatic rings. The third kappa shape index (κ3) is 7.29. The van der Waals surface area contributed by atoms with E-state index in [1.807, 2.05) is 0 Å². The number of nitrogens with zero attached hydrogens (tertiary/aromatic N) is 2. The van der Waals surface area contributed by atoms with Crippen molar-refractivity contribution in [3.63, 3.8) is 0 Å².